The number of halogens is 1. The standard InChI is InChI=1S/C28H35FN4O2/c1-4-26(34)30-25-8-5-7-22(19-25)21-13-17-32(18-14-21)15-6-16-33-20(2)31-28(3,27(33)35)23-9-11-24(29)12-10-23/h5,7-12,19,21H,4,6,13-18H2,1-3H3,(H,30,34). The van der Waals surface area contributed by atoms with E-state index >= 15 is 0 Å². The van der Waals surface area contributed by atoms with E-state index in [2.05, 4.69) is 27.3 Å². The number of benzene rings is 2. The third kappa shape index (κ3) is 5.61. The predicted molar refractivity (Wildman–Crippen MR) is 137 cm³/mol. The van der Waals surface area contributed by atoms with Crippen molar-refractivity contribution >= 4 is 23.3 Å². The lowest BCUT2D eigenvalue weighted by Crippen LogP contribution is -2.41. The third-order valence-corrected chi connectivity index (χ3v) is 7.25. The summed E-state index contributed by atoms with van der Waals surface area (Å²) in [7, 11) is 0. The summed E-state index contributed by atoms with van der Waals surface area (Å²) in [6.45, 7) is 9.13. The van der Waals surface area contributed by atoms with Crippen LogP contribution in [0.2, 0.25) is 0 Å². The molecule has 0 saturated carbocycles. The number of amidine groups is 1. The molecule has 2 amide bonds. The largest absolute Gasteiger partial charge is 0.326 e. The van der Waals surface area contributed by atoms with Crippen LogP contribution in [0.25, 0.3) is 0 Å². The first-order valence-corrected chi connectivity index (χ1v) is 12.6. The van der Waals surface area contributed by atoms with E-state index in [1.807, 2.05) is 26.0 Å². The Morgan fingerprint density at radius 1 is 1.14 bits per heavy atom. The molecule has 1 atom stereocenters. The molecule has 0 aromatic heterocycles. The van der Waals surface area contributed by atoms with Gasteiger partial charge in [0.05, 0.1) is 0 Å². The normalized spacial score (nSPS) is 21.3. The third-order valence-electron chi connectivity index (χ3n) is 7.25. The van der Waals surface area contributed by atoms with Crippen LogP contribution in [0.1, 0.15) is 63.5 Å². The predicted octanol–water partition coefficient (Wildman–Crippen LogP) is 4.92. The van der Waals surface area contributed by atoms with Crippen molar-refractivity contribution in [3.05, 3.63) is 65.5 Å². The number of likely N-dealkylation sites (tertiary alicyclic amines) is 1. The second kappa shape index (κ2) is 10.7. The maximum Gasteiger partial charge on any atom is 0.260 e. The van der Waals surface area contributed by atoms with Crippen molar-refractivity contribution < 1.29 is 14.0 Å². The number of hydrogen-bond donors (Lipinski definition) is 1. The van der Waals surface area contributed by atoms with Crippen LogP contribution >= 0.6 is 0 Å². The molecule has 186 valence electrons. The lowest BCUT2D eigenvalue weighted by Gasteiger charge is -2.32. The van der Waals surface area contributed by atoms with Gasteiger partial charge in [-0.25, -0.2) is 4.39 Å². The van der Waals surface area contributed by atoms with Crippen LogP contribution in [-0.4, -0.2) is 53.6 Å². The van der Waals surface area contributed by atoms with Crippen molar-refractivity contribution in [1.82, 2.24) is 9.80 Å². The number of carbonyl (C=O) groups excluding carboxylic acids is 2. The van der Waals surface area contributed by atoms with Crippen molar-refractivity contribution in [2.45, 2.75) is 57.9 Å². The number of anilines is 1. The van der Waals surface area contributed by atoms with Crippen LogP contribution in [0.5, 0.6) is 0 Å². The minimum atomic E-state index is -0.985. The molecule has 2 heterocycles. The maximum atomic E-state index is 13.3. The van der Waals surface area contributed by atoms with Gasteiger partial charge in [0, 0.05) is 18.7 Å². The molecule has 2 aromatic rings. The molecule has 1 N–H and O–H groups in total. The Morgan fingerprint density at radius 3 is 2.54 bits per heavy atom. The molecule has 0 spiro atoms. The molecule has 0 bridgehead atoms. The zero-order valence-corrected chi connectivity index (χ0v) is 20.9. The Labute approximate surface area is 207 Å². The second-order valence-corrected chi connectivity index (χ2v) is 9.69. The first-order valence-electron chi connectivity index (χ1n) is 12.6. The highest BCUT2D eigenvalue weighted by atomic mass is 19.1. The monoisotopic (exact) mass is 478 g/mol. The number of hydrogen-bond acceptors (Lipinski definition) is 4. The highest BCUT2D eigenvalue weighted by Crippen LogP contribution is 2.34. The lowest BCUT2D eigenvalue weighted by molar-refractivity contribution is -0.131. The van der Waals surface area contributed by atoms with Crippen LogP contribution in [0.4, 0.5) is 10.1 Å². The molecular weight excluding hydrogens is 443 g/mol. The summed E-state index contributed by atoms with van der Waals surface area (Å²) in [5.74, 6) is 0.883. The van der Waals surface area contributed by atoms with Crippen LogP contribution < -0.4 is 5.32 Å². The molecule has 1 unspecified atom stereocenters. The smallest absolute Gasteiger partial charge is 0.260 e. The van der Waals surface area contributed by atoms with Gasteiger partial charge in [0.1, 0.15) is 11.7 Å². The fourth-order valence-corrected chi connectivity index (χ4v) is 5.13. The van der Waals surface area contributed by atoms with Gasteiger partial charge in [0.25, 0.3) is 5.91 Å². The summed E-state index contributed by atoms with van der Waals surface area (Å²) >= 11 is 0. The molecule has 7 heteroatoms. The van der Waals surface area contributed by atoms with Crippen molar-refractivity contribution in [3.63, 3.8) is 0 Å². The molecule has 0 aliphatic carbocycles. The van der Waals surface area contributed by atoms with E-state index in [4.69, 9.17) is 0 Å². The van der Waals surface area contributed by atoms with Gasteiger partial charge in [0.15, 0.2) is 5.54 Å². The van der Waals surface area contributed by atoms with Crippen molar-refractivity contribution in [3.8, 4) is 0 Å². The molecule has 0 radical (unpaired) electrons. The number of nitrogens with zero attached hydrogens (tertiary/aromatic N) is 3. The van der Waals surface area contributed by atoms with Gasteiger partial charge in [-0.1, -0.05) is 31.2 Å². The number of aliphatic imine (C=N–C) groups is 1. The second-order valence-electron chi connectivity index (χ2n) is 9.69. The highest BCUT2D eigenvalue weighted by Gasteiger charge is 2.44. The average Bonchev–Trinajstić information content (AvgIpc) is 3.08. The minimum absolute atomic E-state index is 0.0340. The quantitative estimate of drug-likeness (QED) is 0.586. The fraction of sp³-hybridized carbons (Fsp3) is 0.464. The summed E-state index contributed by atoms with van der Waals surface area (Å²) in [4.78, 5) is 33.8. The minimum Gasteiger partial charge on any atom is -0.326 e. The lowest BCUT2D eigenvalue weighted by atomic mass is 9.89. The summed E-state index contributed by atoms with van der Waals surface area (Å²) in [6.07, 6.45) is 3.51. The summed E-state index contributed by atoms with van der Waals surface area (Å²) in [5.41, 5.74) is 1.89. The van der Waals surface area contributed by atoms with Crippen LogP contribution in [-0.2, 0) is 15.1 Å². The molecule has 1 fully saturated rings. The maximum absolute atomic E-state index is 13.3. The Bertz CT molecular complexity index is 1090. The van der Waals surface area contributed by atoms with Gasteiger partial charge < -0.3 is 10.2 Å². The van der Waals surface area contributed by atoms with Crippen molar-refractivity contribution in [1.29, 1.82) is 0 Å². The van der Waals surface area contributed by atoms with Gasteiger partial charge in [0.2, 0.25) is 5.91 Å². The number of amides is 2. The molecular formula is C28H35FN4O2. The van der Waals surface area contributed by atoms with Gasteiger partial charge in [-0.15, -0.1) is 0 Å². The van der Waals surface area contributed by atoms with Crippen molar-refractivity contribution in [2.24, 2.45) is 4.99 Å². The van der Waals surface area contributed by atoms with E-state index in [0.29, 0.717) is 24.4 Å². The van der Waals surface area contributed by atoms with E-state index in [0.717, 1.165) is 50.4 Å². The zero-order chi connectivity index (χ0) is 25.0. The molecule has 35 heavy (non-hydrogen) atoms. The van der Waals surface area contributed by atoms with Crippen LogP contribution in [0.15, 0.2) is 53.5 Å². The summed E-state index contributed by atoms with van der Waals surface area (Å²) in [5, 5.41) is 2.95. The molecule has 2 aromatic carbocycles. The van der Waals surface area contributed by atoms with Gasteiger partial charge in [-0.05, 0) is 94.1 Å². The molecule has 2 aliphatic heterocycles. The van der Waals surface area contributed by atoms with E-state index in [1.165, 1.54) is 17.7 Å². The van der Waals surface area contributed by atoms with Crippen LogP contribution in [0.3, 0.4) is 0 Å². The fourth-order valence-electron chi connectivity index (χ4n) is 5.13. The van der Waals surface area contributed by atoms with E-state index < -0.39 is 5.54 Å². The van der Waals surface area contributed by atoms with Crippen LogP contribution in [0, 0.1) is 5.82 Å². The summed E-state index contributed by atoms with van der Waals surface area (Å²) < 4.78 is 13.3. The Balaban J connectivity index is 1.26. The Morgan fingerprint density at radius 2 is 1.86 bits per heavy atom. The number of carbonyl (C=O) groups is 2. The van der Waals surface area contributed by atoms with E-state index in [9.17, 15) is 14.0 Å². The number of piperidine rings is 1. The summed E-state index contributed by atoms with van der Waals surface area (Å²) in [6, 6.07) is 14.3. The number of nitrogens with one attached hydrogen (secondary N) is 1. The molecule has 6 nitrogen and oxygen atoms in total. The SMILES string of the molecule is CCC(=O)Nc1cccc(C2CCN(CCCN3C(=O)C(C)(c4ccc(F)cc4)N=C3C)CC2)c1. The molecule has 2 aliphatic rings. The first-order chi connectivity index (χ1) is 16.8. The number of rotatable bonds is 8. The zero-order valence-electron chi connectivity index (χ0n) is 20.9. The van der Waals surface area contributed by atoms with E-state index in [1.54, 1.807) is 24.0 Å². The van der Waals surface area contributed by atoms with Gasteiger partial charge in [-0.3, -0.25) is 19.5 Å². The van der Waals surface area contributed by atoms with Gasteiger partial charge >= 0.3 is 0 Å². The molecule has 1 saturated heterocycles. The van der Waals surface area contributed by atoms with Crippen molar-refractivity contribution in [2.75, 3.05) is 31.5 Å². The van der Waals surface area contributed by atoms with Gasteiger partial charge in [-0.2, -0.15) is 0 Å². The topological polar surface area (TPSA) is 65.0 Å². The Kier molecular flexibility index (Phi) is 7.65. The first kappa shape index (κ1) is 25.0. The average molecular weight is 479 g/mol. The van der Waals surface area contributed by atoms with E-state index in [-0.39, 0.29) is 17.6 Å². The highest BCUT2D eigenvalue weighted by molar-refractivity contribution is 6.07. The molecule has 4 rings (SSSR count). The Hall–Kier alpha value is -3.06.